The van der Waals surface area contributed by atoms with Crippen LogP contribution < -0.4 is 0 Å². The molecule has 2 aromatic carbocycles. The third-order valence-electron chi connectivity index (χ3n) is 5.88. The molecule has 0 saturated carbocycles. The molecule has 2 aliphatic heterocycles. The van der Waals surface area contributed by atoms with Crippen LogP contribution in [0.4, 0.5) is 0 Å². The summed E-state index contributed by atoms with van der Waals surface area (Å²) in [5, 5.41) is 9.66. The van der Waals surface area contributed by atoms with Crippen LogP contribution in [0.3, 0.4) is 0 Å². The maximum absolute atomic E-state index is 13.2. The number of carbonyl (C=O) groups is 3. The molecule has 1 spiro atoms. The number of piperidine rings is 1. The Hall–Kier alpha value is -3.19. The molecule has 0 aliphatic carbocycles. The van der Waals surface area contributed by atoms with Crippen molar-refractivity contribution in [2.45, 2.75) is 31.0 Å². The molecule has 0 bridgehead atoms. The van der Waals surface area contributed by atoms with E-state index in [1.165, 1.54) is 4.90 Å². The fourth-order valence-electron chi connectivity index (χ4n) is 4.26. The summed E-state index contributed by atoms with van der Waals surface area (Å²) < 4.78 is 5.94. The van der Waals surface area contributed by atoms with Gasteiger partial charge in [-0.1, -0.05) is 48.5 Å². The van der Waals surface area contributed by atoms with E-state index in [4.69, 9.17) is 4.74 Å². The zero-order valence-electron chi connectivity index (χ0n) is 16.6. The lowest BCUT2D eigenvalue weighted by atomic mass is 9.96. The average Bonchev–Trinajstić information content (AvgIpc) is 3.14. The number of rotatable bonds is 4. The Labute approximate surface area is 174 Å². The maximum Gasteiger partial charge on any atom is 0.328 e. The summed E-state index contributed by atoms with van der Waals surface area (Å²) >= 11 is 0. The highest BCUT2D eigenvalue weighted by atomic mass is 16.5. The topological polar surface area (TPSA) is 87.2 Å². The van der Waals surface area contributed by atoms with Gasteiger partial charge in [0.2, 0.25) is 5.91 Å². The first-order valence-electron chi connectivity index (χ1n) is 10.1. The Morgan fingerprint density at radius 3 is 2.17 bits per heavy atom. The first kappa shape index (κ1) is 20.1. The number of carboxylic acids is 1. The summed E-state index contributed by atoms with van der Waals surface area (Å²) in [6.07, 6.45) is 1.09. The van der Waals surface area contributed by atoms with E-state index >= 15 is 0 Å². The molecule has 7 heteroatoms. The van der Waals surface area contributed by atoms with Crippen molar-refractivity contribution in [1.29, 1.82) is 0 Å². The predicted molar refractivity (Wildman–Crippen MR) is 109 cm³/mol. The minimum atomic E-state index is -1.08. The molecule has 0 radical (unpaired) electrons. The van der Waals surface area contributed by atoms with Crippen molar-refractivity contribution in [2.24, 2.45) is 0 Å². The van der Waals surface area contributed by atoms with E-state index in [9.17, 15) is 19.5 Å². The van der Waals surface area contributed by atoms with Crippen molar-refractivity contribution >= 4 is 17.8 Å². The van der Waals surface area contributed by atoms with Gasteiger partial charge >= 0.3 is 5.97 Å². The Balaban J connectivity index is 1.50. The number of carboxylic acid groups (broad SMARTS) is 1. The summed E-state index contributed by atoms with van der Waals surface area (Å²) in [6.45, 7) is 0.777. The van der Waals surface area contributed by atoms with Gasteiger partial charge in [0.15, 0.2) is 6.04 Å². The zero-order valence-corrected chi connectivity index (χ0v) is 16.6. The quantitative estimate of drug-likeness (QED) is 0.838. The van der Waals surface area contributed by atoms with Crippen LogP contribution in [-0.4, -0.2) is 64.2 Å². The van der Waals surface area contributed by atoms with Crippen LogP contribution in [0.2, 0.25) is 0 Å². The minimum Gasteiger partial charge on any atom is -0.480 e. The molecule has 0 unspecified atom stereocenters. The molecule has 2 aliphatic rings. The first-order valence-corrected chi connectivity index (χ1v) is 10.1. The van der Waals surface area contributed by atoms with Gasteiger partial charge in [0.1, 0.15) is 5.72 Å². The Morgan fingerprint density at radius 2 is 1.57 bits per heavy atom. The SMILES string of the molecule is O=C(O)[C@H]1COC2(CCN(C(=O)Cc3ccccc3)CC2)N1C(=O)c1ccccc1. The number of carbonyl (C=O) groups excluding carboxylic acids is 2. The van der Waals surface area contributed by atoms with Gasteiger partial charge < -0.3 is 14.7 Å². The molecule has 2 fully saturated rings. The van der Waals surface area contributed by atoms with E-state index in [1.807, 2.05) is 30.3 Å². The molecule has 2 amide bonds. The fourth-order valence-corrected chi connectivity index (χ4v) is 4.26. The van der Waals surface area contributed by atoms with Crippen molar-refractivity contribution < 1.29 is 24.2 Å². The molecule has 2 saturated heterocycles. The lowest BCUT2D eigenvalue weighted by Crippen LogP contribution is -2.58. The molecule has 0 aromatic heterocycles. The normalized spacial score (nSPS) is 20.3. The zero-order chi connectivity index (χ0) is 21.1. The number of likely N-dealkylation sites (tertiary alicyclic amines) is 1. The minimum absolute atomic E-state index is 0.0183. The van der Waals surface area contributed by atoms with Gasteiger partial charge in [-0.05, 0) is 17.7 Å². The lowest BCUT2D eigenvalue weighted by molar-refractivity contribution is -0.147. The fraction of sp³-hybridized carbons (Fsp3) is 0.348. The number of hydrogen-bond donors (Lipinski definition) is 1. The lowest BCUT2D eigenvalue weighted by Gasteiger charge is -2.44. The molecule has 1 atom stereocenters. The Morgan fingerprint density at radius 1 is 0.967 bits per heavy atom. The van der Waals surface area contributed by atoms with E-state index in [1.54, 1.807) is 35.2 Å². The van der Waals surface area contributed by atoms with Gasteiger partial charge in [-0.3, -0.25) is 14.5 Å². The summed E-state index contributed by atoms with van der Waals surface area (Å²) in [5.74, 6) is -1.42. The van der Waals surface area contributed by atoms with Crippen LogP contribution in [0, 0.1) is 0 Å². The standard InChI is InChI=1S/C23H24N2O5/c26-20(15-17-7-3-1-4-8-17)24-13-11-23(12-14-24)25(19(16-30-23)22(28)29)21(27)18-9-5-2-6-10-18/h1-10,19H,11-16H2,(H,28,29)/t19-/m1/s1. The summed E-state index contributed by atoms with van der Waals surface area (Å²) in [5.41, 5.74) is 0.377. The number of aliphatic carboxylic acids is 1. The maximum atomic E-state index is 13.2. The molecule has 7 nitrogen and oxygen atoms in total. The molecule has 30 heavy (non-hydrogen) atoms. The van der Waals surface area contributed by atoms with Crippen molar-refractivity contribution in [3.8, 4) is 0 Å². The van der Waals surface area contributed by atoms with Gasteiger partial charge in [-0.15, -0.1) is 0 Å². The van der Waals surface area contributed by atoms with E-state index in [-0.39, 0.29) is 18.4 Å². The largest absolute Gasteiger partial charge is 0.480 e. The van der Waals surface area contributed by atoms with Gasteiger partial charge in [0, 0.05) is 31.5 Å². The van der Waals surface area contributed by atoms with Gasteiger partial charge in [0.25, 0.3) is 5.91 Å². The predicted octanol–water partition coefficient (Wildman–Crippen LogP) is 2.17. The van der Waals surface area contributed by atoms with Crippen LogP contribution >= 0.6 is 0 Å². The first-order chi connectivity index (χ1) is 14.5. The molecule has 2 aromatic rings. The van der Waals surface area contributed by atoms with Crippen molar-refractivity contribution in [3.05, 3.63) is 71.8 Å². The van der Waals surface area contributed by atoms with Gasteiger partial charge in [0.05, 0.1) is 13.0 Å². The molecule has 2 heterocycles. The second-order valence-corrected chi connectivity index (χ2v) is 7.70. The highest BCUT2D eigenvalue weighted by Gasteiger charge is 2.54. The number of nitrogens with zero attached hydrogens (tertiary/aromatic N) is 2. The van der Waals surface area contributed by atoms with E-state index in [0.717, 1.165) is 5.56 Å². The second kappa shape index (κ2) is 8.28. The van der Waals surface area contributed by atoms with E-state index < -0.39 is 17.7 Å². The molecule has 1 N–H and O–H groups in total. The van der Waals surface area contributed by atoms with Gasteiger partial charge in [-0.2, -0.15) is 0 Å². The molecule has 156 valence electrons. The third kappa shape index (κ3) is 3.80. The van der Waals surface area contributed by atoms with Crippen LogP contribution in [0.15, 0.2) is 60.7 Å². The monoisotopic (exact) mass is 408 g/mol. The summed E-state index contributed by atoms with van der Waals surface area (Å²) in [7, 11) is 0. The Bertz CT molecular complexity index is 923. The van der Waals surface area contributed by atoms with Crippen LogP contribution in [0.5, 0.6) is 0 Å². The number of benzene rings is 2. The van der Waals surface area contributed by atoms with Crippen LogP contribution in [-0.2, 0) is 20.7 Å². The van der Waals surface area contributed by atoms with Crippen molar-refractivity contribution in [2.75, 3.05) is 19.7 Å². The van der Waals surface area contributed by atoms with E-state index in [2.05, 4.69) is 0 Å². The van der Waals surface area contributed by atoms with Crippen molar-refractivity contribution in [1.82, 2.24) is 9.80 Å². The number of amides is 2. The molecular formula is C23H24N2O5. The molecular weight excluding hydrogens is 384 g/mol. The Kier molecular flexibility index (Phi) is 5.55. The highest BCUT2D eigenvalue weighted by molar-refractivity contribution is 5.97. The van der Waals surface area contributed by atoms with Crippen molar-refractivity contribution in [3.63, 3.8) is 0 Å². The van der Waals surface area contributed by atoms with Gasteiger partial charge in [-0.25, -0.2) is 4.79 Å². The number of ether oxygens (including phenoxy) is 1. The number of hydrogen-bond acceptors (Lipinski definition) is 4. The highest BCUT2D eigenvalue weighted by Crippen LogP contribution is 2.38. The van der Waals surface area contributed by atoms with E-state index in [0.29, 0.717) is 37.9 Å². The average molecular weight is 408 g/mol. The van der Waals surface area contributed by atoms with Crippen LogP contribution in [0.25, 0.3) is 0 Å². The second-order valence-electron chi connectivity index (χ2n) is 7.70. The third-order valence-corrected chi connectivity index (χ3v) is 5.88. The smallest absolute Gasteiger partial charge is 0.328 e. The molecule has 4 rings (SSSR count). The summed E-state index contributed by atoms with van der Waals surface area (Å²) in [4.78, 5) is 40.8. The van der Waals surface area contributed by atoms with Crippen LogP contribution in [0.1, 0.15) is 28.8 Å². The summed E-state index contributed by atoms with van der Waals surface area (Å²) in [6, 6.07) is 17.2.